The minimum absolute atomic E-state index is 0.178. The SMILES string of the molecule is O=c1ccc2cc(S(=O)(=O)Nc3ccccc3OC(F)(F)F)ccc2o1. The molecule has 0 saturated carbocycles. The number of fused-ring (bicyclic) bond motifs is 1. The molecule has 2 aromatic carbocycles. The summed E-state index contributed by atoms with van der Waals surface area (Å²) in [6.07, 6.45) is -4.97. The monoisotopic (exact) mass is 385 g/mol. The number of sulfonamides is 1. The molecule has 0 amide bonds. The molecular formula is C16H10F3NO5S. The second-order valence-electron chi connectivity index (χ2n) is 5.10. The number of ether oxygens (including phenoxy) is 1. The van der Waals surface area contributed by atoms with Crippen LogP contribution in [-0.2, 0) is 10.0 Å². The molecule has 1 N–H and O–H groups in total. The second-order valence-corrected chi connectivity index (χ2v) is 6.79. The summed E-state index contributed by atoms with van der Waals surface area (Å²) in [5.41, 5.74) is -0.786. The molecule has 6 nitrogen and oxygen atoms in total. The Bertz CT molecular complexity index is 1120. The standard InChI is InChI=1S/C16H10F3NO5S/c17-16(18,19)25-14-4-2-1-3-12(14)20-26(22,23)11-6-7-13-10(9-11)5-8-15(21)24-13/h1-9,20H. The number of halogens is 3. The molecule has 0 saturated heterocycles. The van der Waals surface area contributed by atoms with Crippen molar-refractivity contribution in [1.29, 1.82) is 0 Å². The van der Waals surface area contributed by atoms with Crippen LogP contribution in [0.5, 0.6) is 5.75 Å². The molecule has 3 aromatic rings. The van der Waals surface area contributed by atoms with Gasteiger partial charge in [-0.25, -0.2) is 13.2 Å². The fraction of sp³-hybridized carbons (Fsp3) is 0.0625. The Morgan fingerprint density at radius 3 is 2.46 bits per heavy atom. The zero-order valence-electron chi connectivity index (χ0n) is 12.8. The highest BCUT2D eigenvalue weighted by Gasteiger charge is 2.32. The van der Waals surface area contributed by atoms with Gasteiger partial charge in [0.2, 0.25) is 0 Å². The van der Waals surface area contributed by atoms with E-state index >= 15 is 0 Å². The van der Waals surface area contributed by atoms with Gasteiger partial charge in [0.05, 0.1) is 10.6 Å². The van der Waals surface area contributed by atoms with Gasteiger partial charge in [-0.15, -0.1) is 13.2 Å². The average Bonchev–Trinajstić information content (AvgIpc) is 2.54. The van der Waals surface area contributed by atoms with Crippen LogP contribution in [0.2, 0.25) is 0 Å². The van der Waals surface area contributed by atoms with E-state index in [2.05, 4.69) is 9.46 Å². The smallest absolute Gasteiger partial charge is 0.423 e. The molecule has 0 spiro atoms. The topological polar surface area (TPSA) is 85.6 Å². The molecular weight excluding hydrogens is 375 g/mol. The third-order valence-electron chi connectivity index (χ3n) is 3.26. The van der Waals surface area contributed by atoms with Crippen LogP contribution in [0, 0.1) is 0 Å². The lowest BCUT2D eigenvalue weighted by atomic mass is 10.2. The number of nitrogens with one attached hydrogen (secondary N) is 1. The summed E-state index contributed by atoms with van der Waals surface area (Å²) in [5, 5.41) is 0.340. The molecule has 1 aromatic heterocycles. The molecule has 0 fully saturated rings. The van der Waals surface area contributed by atoms with Crippen molar-refractivity contribution in [2.75, 3.05) is 4.72 Å². The van der Waals surface area contributed by atoms with E-state index < -0.39 is 27.8 Å². The van der Waals surface area contributed by atoms with Crippen molar-refractivity contribution in [2.45, 2.75) is 11.3 Å². The molecule has 3 rings (SSSR count). The molecule has 0 bridgehead atoms. The maximum atomic E-state index is 12.5. The molecule has 0 aliphatic heterocycles. The largest absolute Gasteiger partial charge is 0.573 e. The lowest BCUT2D eigenvalue weighted by Crippen LogP contribution is -2.19. The van der Waals surface area contributed by atoms with Crippen LogP contribution in [0.25, 0.3) is 11.0 Å². The van der Waals surface area contributed by atoms with Crippen LogP contribution in [0.3, 0.4) is 0 Å². The van der Waals surface area contributed by atoms with Gasteiger partial charge in [0.25, 0.3) is 10.0 Å². The van der Waals surface area contributed by atoms with Crippen molar-refractivity contribution in [3.8, 4) is 5.75 Å². The first kappa shape index (κ1) is 17.8. The minimum Gasteiger partial charge on any atom is -0.423 e. The third-order valence-corrected chi connectivity index (χ3v) is 4.62. The Morgan fingerprint density at radius 2 is 1.73 bits per heavy atom. The fourth-order valence-corrected chi connectivity index (χ4v) is 3.29. The Kier molecular flexibility index (Phi) is 4.36. The Labute approximate surface area is 144 Å². The van der Waals surface area contributed by atoms with Crippen LogP contribution in [0.15, 0.2) is 68.7 Å². The van der Waals surface area contributed by atoms with E-state index in [-0.39, 0.29) is 16.2 Å². The minimum atomic E-state index is -4.97. The summed E-state index contributed by atoms with van der Waals surface area (Å²) in [7, 11) is -4.21. The predicted molar refractivity (Wildman–Crippen MR) is 86.4 cm³/mol. The van der Waals surface area contributed by atoms with Gasteiger partial charge in [0.15, 0.2) is 5.75 Å². The average molecular weight is 385 g/mol. The Morgan fingerprint density at radius 1 is 1.00 bits per heavy atom. The number of rotatable bonds is 4. The summed E-state index contributed by atoms with van der Waals surface area (Å²) in [4.78, 5) is 10.9. The van der Waals surface area contributed by atoms with E-state index in [4.69, 9.17) is 4.42 Å². The van der Waals surface area contributed by atoms with Crippen LogP contribution < -0.4 is 15.1 Å². The maximum absolute atomic E-state index is 12.5. The summed E-state index contributed by atoms with van der Waals surface area (Å²) in [5.74, 6) is -0.685. The molecule has 0 unspecified atom stereocenters. The van der Waals surface area contributed by atoms with Gasteiger partial charge in [0, 0.05) is 11.5 Å². The van der Waals surface area contributed by atoms with E-state index in [0.29, 0.717) is 5.39 Å². The van der Waals surface area contributed by atoms with E-state index in [1.165, 1.54) is 36.4 Å². The van der Waals surface area contributed by atoms with E-state index in [0.717, 1.165) is 18.2 Å². The van der Waals surface area contributed by atoms with E-state index in [1.54, 1.807) is 0 Å². The fourth-order valence-electron chi connectivity index (χ4n) is 2.19. The summed E-state index contributed by atoms with van der Waals surface area (Å²) < 4.78 is 73.1. The summed E-state index contributed by atoms with van der Waals surface area (Å²) >= 11 is 0. The summed E-state index contributed by atoms with van der Waals surface area (Å²) in [6, 6.07) is 10.9. The van der Waals surface area contributed by atoms with Crippen molar-refractivity contribution in [3.63, 3.8) is 0 Å². The third kappa shape index (κ3) is 3.97. The molecule has 0 atom stereocenters. The zero-order valence-corrected chi connectivity index (χ0v) is 13.6. The van der Waals surface area contributed by atoms with Gasteiger partial charge < -0.3 is 9.15 Å². The van der Waals surface area contributed by atoms with Gasteiger partial charge in [-0.05, 0) is 36.4 Å². The second kappa shape index (κ2) is 6.37. The molecule has 26 heavy (non-hydrogen) atoms. The van der Waals surface area contributed by atoms with Gasteiger partial charge in [0.1, 0.15) is 5.58 Å². The highest BCUT2D eigenvalue weighted by Crippen LogP contribution is 2.31. The van der Waals surface area contributed by atoms with Gasteiger partial charge in [-0.3, -0.25) is 4.72 Å². The van der Waals surface area contributed by atoms with Crippen molar-refractivity contribution in [3.05, 3.63) is 65.0 Å². The van der Waals surface area contributed by atoms with Gasteiger partial charge in [-0.2, -0.15) is 0 Å². The molecule has 0 aliphatic rings. The lowest BCUT2D eigenvalue weighted by molar-refractivity contribution is -0.274. The number of anilines is 1. The highest BCUT2D eigenvalue weighted by atomic mass is 32.2. The van der Waals surface area contributed by atoms with E-state index in [1.807, 2.05) is 0 Å². The predicted octanol–water partition coefficient (Wildman–Crippen LogP) is 3.49. The number of para-hydroxylation sites is 2. The van der Waals surface area contributed by atoms with Gasteiger partial charge >= 0.3 is 12.0 Å². The molecule has 0 radical (unpaired) electrons. The van der Waals surface area contributed by atoms with Crippen molar-refractivity contribution in [1.82, 2.24) is 0 Å². The Balaban J connectivity index is 1.97. The van der Waals surface area contributed by atoms with Crippen LogP contribution in [0.1, 0.15) is 0 Å². The highest BCUT2D eigenvalue weighted by molar-refractivity contribution is 7.92. The van der Waals surface area contributed by atoms with Crippen LogP contribution in [0.4, 0.5) is 18.9 Å². The van der Waals surface area contributed by atoms with Crippen molar-refractivity contribution >= 4 is 26.7 Å². The molecule has 136 valence electrons. The summed E-state index contributed by atoms with van der Waals surface area (Å²) in [6.45, 7) is 0. The quantitative estimate of drug-likeness (QED) is 0.695. The van der Waals surface area contributed by atoms with Crippen LogP contribution >= 0.6 is 0 Å². The Hall–Kier alpha value is -3.01. The normalized spacial score (nSPS) is 12.1. The molecule has 10 heteroatoms. The first-order chi connectivity index (χ1) is 12.1. The number of hydrogen-bond acceptors (Lipinski definition) is 5. The maximum Gasteiger partial charge on any atom is 0.573 e. The molecule has 0 aliphatic carbocycles. The lowest BCUT2D eigenvalue weighted by Gasteiger charge is -2.14. The number of benzene rings is 2. The first-order valence-electron chi connectivity index (χ1n) is 7.06. The number of hydrogen-bond donors (Lipinski definition) is 1. The van der Waals surface area contributed by atoms with Crippen molar-refractivity contribution in [2.24, 2.45) is 0 Å². The zero-order chi connectivity index (χ0) is 18.9. The molecule has 1 heterocycles. The van der Waals surface area contributed by atoms with Gasteiger partial charge in [-0.1, -0.05) is 12.1 Å². The van der Waals surface area contributed by atoms with Crippen molar-refractivity contribution < 1.29 is 30.7 Å². The van der Waals surface area contributed by atoms with E-state index in [9.17, 15) is 26.4 Å². The van der Waals surface area contributed by atoms with Crippen LogP contribution in [-0.4, -0.2) is 14.8 Å². The first-order valence-corrected chi connectivity index (χ1v) is 8.54. The number of alkyl halides is 3.